The van der Waals surface area contributed by atoms with Crippen LogP contribution < -0.4 is 11.1 Å². The highest BCUT2D eigenvalue weighted by molar-refractivity contribution is 7.99. The highest BCUT2D eigenvalue weighted by Crippen LogP contribution is 2.23. The molecule has 0 aliphatic heterocycles. The van der Waals surface area contributed by atoms with Crippen LogP contribution in [0.2, 0.25) is 5.02 Å². The van der Waals surface area contributed by atoms with Crippen molar-refractivity contribution in [3.8, 4) is 0 Å². The van der Waals surface area contributed by atoms with Crippen molar-refractivity contribution in [3.05, 3.63) is 41.8 Å². The third kappa shape index (κ3) is 4.11. The molecule has 0 aliphatic rings. The SMILES string of the molecule is Nc1ccc(Cl)cc1NC(=O)CSc1ccncn1. The number of carbonyl (C=O) groups is 1. The fraction of sp³-hybridized carbons (Fsp3) is 0.0833. The number of thioether (sulfide) groups is 1. The first-order valence-electron chi connectivity index (χ1n) is 5.39. The van der Waals surface area contributed by atoms with Gasteiger partial charge in [0.15, 0.2) is 0 Å². The Morgan fingerprint density at radius 2 is 2.26 bits per heavy atom. The van der Waals surface area contributed by atoms with E-state index in [-0.39, 0.29) is 11.7 Å². The van der Waals surface area contributed by atoms with Gasteiger partial charge in [0.25, 0.3) is 0 Å². The average molecular weight is 295 g/mol. The Kier molecular flexibility index (Phi) is 4.59. The van der Waals surface area contributed by atoms with Crippen LogP contribution in [0, 0.1) is 0 Å². The van der Waals surface area contributed by atoms with E-state index in [1.165, 1.54) is 18.1 Å². The number of benzene rings is 1. The highest BCUT2D eigenvalue weighted by Gasteiger charge is 2.07. The van der Waals surface area contributed by atoms with E-state index >= 15 is 0 Å². The summed E-state index contributed by atoms with van der Waals surface area (Å²) in [5.41, 5.74) is 6.74. The molecule has 0 atom stereocenters. The van der Waals surface area contributed by atoms with Crippen LogP contribution in [0.25, 0.3) is 0 Å². The molecule has 7 heteroatoms. The minimum absolute atomic E-state index is 0.169. The quantitative estimate of drug-likeness (QED) is 0.514. The number of rotatable bonds is 4. The van der Waals surface area contributed by atoms with Gasteiger partial charge in [0.2, 0.25) is 5.91 Å². The summed E-state index contributed by atoms with van der Waals surface area (Å²) >= 11 is 7.17. The summed E-state index contributed by atoms with van der Waals surface area (Å²) in [6, 6.07) is 6.67. The number of amides is 1. The van der Waals surface area contributed by atoms with Crippen LogP contribution in [-0.2, 0) is 4.79 Å². The lowest BCUT2D eigenvalue weighted by Gasteiger charge is -2.08. The second-order valence-electron chi connectivity index (χ2n) is 3.62. The molecule has 1 amide bonds. The van der Waals surface area contributed by atoms with E-state index in [0.717, 1.165) is 5.03 Å². The largest absolute Gasteiger partial charge is 0.397 e. The van der Waals surface area contributed by atoms with Gasteiger partial charge in [0, 0.05) is 11.2 Å². The van der Waals surface area contributed by atoms with Crippen molar-refractivity contribution in [1.82, 2.24) is 9.97 Å². The fourth-order valence-electron chi connectivity index (χ4n) is 1.33. The molecule has 0 fully saturated rings. The molecule has 0 aliphatic carbocycles. The average Bonchev–Trinajstić information content (AvgIpc) is 2.42. The Balaban J connectivity index is 1.93. The van der Waals surface area contributed by atoms with E-state index in [1.54, 1.807) is 30.5 Å². The molecule has 1 heterocycles. The van der Waals surface area contributed by atoms with Crippen LogP contribution in [0.5, 0.6) is 0 Å². The summed E-state index contributed by atoms with van der Waals surface area (Å²) < 4.78 is 0. The molecule has 0 radical (unpaired) electrons. The van der Waals surface area contributed by atoms with Crippen LogP contribution in [0.15, 0.2) is 41.8 Å². The number of anilines is 2. The monoisotopic (exact) mass is 294 g/mol. The van der Waals surface area contributed by atoms with Crippen molar-refractivity contribution in [2.75, 3.05) is 16.8 Å². The lowest BCUT2D eigenvalue weighted by Crippen LogP contribution is -2.15. The summed E-state index contributed by atoms with van der Waals surface area (Å²) in [7, 11) is 0. The van der Waals surface area contributed by atoms with Crippen molar-refractivity contribution in [1.29, 1.82) is 0 Å². The summed E-state index contributed by atoms with van der Waals surface area (Å²) in [6.07, 6.45) is 3.07. The molecule has 0 saturated heterocycles. The number of nitrogens with one attached hydrogen (secondary N) is 1. The van der Waals surface area contributed by atoms with Gasteiger partial charge in [-0.3, -0.25) is 4.79 Å². The standard InChI is InChI=1S/C12H11ClN4OS/c13-8-1-2-9(14)10(5-8)17-11(18)6-19-12-3-4-15-7-16-12/h1-5,7H,6,14H2,(H,17,18). The molecule has 3 N–H and O–H groups in total. The van der Waals surface area contributed by atoms with Gasteiger partial charge in [-0.2, -0.15) is 0 Å². The van der Waals surface area contributed by atoms with Gasteiger partial charge in [-0.05, 0) is 24.3 Å². The van der Waals surface area contributed by atoms with Crippen molar-refractivity contribution in [2.45, 2.75) is 5.03 Å². The predicted molar refractivity (Wildman–Crippen MR) is 77.3 cm³/mol. The zero-order chi connectivity index (χ0) is 13.7. The molecule has 5 nitrogen and oxygen atoms in total. The fourth-order valence-corrected chi connectivity index (χ4v) is 2.13. The number of carbonyl (C=O) groups excluding carboxylic acids is 1. The maximum atomic E-state index is 11.8. The number of aromatic nitrogens is 2. The third-order valence-corrected chi connectivity index (χ3v) is 3.37. The van der Waals surface area contributed by atoms with Crippen LogP contribution in [-0.4, -0.2) is 21.6 Å². The maximum absolute atomic E-state index is 11.8. The Morgan fingerprint density at radius 1 is 1.42 bits per heavy atom. The van der Waals surface area contributed by atoms with Crippen LogP contribution >= 0.6 is 23.4 Å². The molecule has 0 bridgehead atoms. The van der Waals surface area contributed by atoms with Gasteiger partial charge in [0.05, 0.1) is 22.2 Å². The molecule has 2 rings (SSSR count). The molecule has 98 valence electrons. The maximum Gasteiger partial charge on any atom is 0.234 e. The topological polar surface area (TPSA) is 80.9 Å². The molecule has 1 aromatic carbocycles. The molecule has 0 unspecified atom stereocenters. The molecular formula is C12H11ClN4OS. The third-order valence-electron chi connectivity index (χ3n) is 2.20. The van der Waals surface area contributed by atoms with Crippen molar-refractivity contribution >= 4 is 40.6 Å². The Bertz CT molecular complexity index is 579. The molecular weight excluding hydrogens is 284 g/mol. The minimum atomic E-state index is -0.169. The number of nitrogens with zero attached hydrogens (tertiary/aromatic N) is 2. The van der Waals surface area contributed by atoms with E-state index in [2.05, 4.69) is 15.3 Å². The van der Waals surface area contributed by atoms with Gasteiger partial charge in [-0.15, -0.1) is 0 Å². The van der Waals surface area contributed by atoms with Crippen molar-refractivity contribution in [2.24, 2.45) is 0 Å². The number of nitrogens with two attached hydrogens (primary N) is 1. The molecule has 0 spiro atoms. The number of nitrogen functional groups attached to an aromatic ring is 1. The zero-order valence-corrected chi connectivity index (χ0v) is 11.4. The van der Waals surface area contributed by atoms with Gasteiger partial charge >= 0.3 is 0 Å². The Morgan fingerprint density at radius 3 is 3.00 bits per heavy atom. The van der Waals surface area contributed by atoms with Gasteiger partial charge in [0.1, 0.15) is 6.33 Å². The van der Waals surface area contributed by atoms with Crippen LogP contribution in [0.1, 0.15) is 0 Å². The number of hydrogen-bond donors (Lipinski definition) is 2. The molecule has 19 heavy (non-hydrogen) atoms. The Hall–Kier alpha value is -1.79. The lowest BCUT2D eigenvalue weighted by molar-refractivity contribution is -0.113. The van der Waals surface area contributed by atoms with E-state index in [1.807, 2.05) is 0 Å². The molecule has 2 aromatic rings. The van der Waals surface area contributed by atoms with Crippen molar-refractivity contribution < 1.29 is 4.79 Å². The minimum Gasteiger partial charge on any atom is -0.397 e. The Labute approximate surface area is 119 Å². The van der Waals surface area contributed by atoms with E-state index in [4.69, 9.17) is 17.3 Å². The van der Waals surface area contributed by atoms with Crippen molar-refractivity contribution in [3.63, 3.8) is 0 Å². The number of hydrogen-bond acceptors (Lipinski definition) is 5. The summed E-state index contributed by atoms with van der Waals surface area (Å²) in [6.45, 7) is 0. The second kappa shape index (κ2) is 6.40. The van der Waals surface area contributed by atoms with Gasteiger partial charge in [-0.25, -0.2) is 9.97 Å². The lowest BCUT2D eigenvalue weighted by atomic mass is 10.2. The smallest absolute Gasteiger partial charge is 0.234 e. The van der Waals surface area contributed by atoms with E-state index in [9.17, 15) is 4.79 Å². The zero-order valence-electron chi connectivity index (χ0n) is 9.84. The van der Waals surface area contributed by atoms with Gasteiger partial charge in [-0.1, -0.05) is 23.4 Å². The van der Waals surface area contributed by atoms with Crippen LogP contribution in [0.3, 0.4) is 0 Å². The first-order chi connectivity index (χ1) is 9.15. The van der Waals surface area contributed by atoms with E-state index < -0.39 is 0 Å². The summed E-state index contributed by atoms with van der Waals surface area (Å²) in [5, 5.41) is 3.97. The van der Waals surface area contributed by atoms with E-state index in [0.29, 0.717) is 16.4 Å². The summed E-state index contributed by atoms with van der Waals surface area (Å²) in [5.74, 6) is 0.0701. The summed E-state index contributed by atoms with van der Waals surface area (Å²) in [4.78, 5) is 19.6. The number of halogens is 1. The highest BCUT2D eigenvalue weighted by atomic mass is 35.5. The molecule has 0 saturated carbocycles. The van der Waals surface area contributed by atoms with Gasteiger partial charge < -0.3 is 11.1 Å². The first kappa shape index (κ1) is 13.6. The molecule has 1 aromatic heterocycles. The second-order valence-corrected chi connectivity index (χ2v) is 5.05. The predicted octanol–water partition coefficient (Wildman–Crippen LogP) is 2.44. The normalized spacial score (nSPS) is 10.2. The van der Waals surface area contributed by atoms with Crippen LogP contribution in [0.4, 0.5) is 11.4 Å². The first-order valence-corrected chi connectivity index (χ1v) is 6.75.